The van der Waals surface area contributed by atoms with Crippen molar-refractivity contribution in [2.45, 2.75) is 39.0 Å². The molecule has 0 unspecified atom stereocenters. The van der Waals surface area contributed by atoms with Crippen LogP contribution < -0.4 is 5.32 Å². The Morgan fingerprint density at radius 1 is 1.38 bits per heavy atom. The molecule has 0 aliphatic heterocycles. The number of anilines is 1. The molecule has 0 radical (unpaired) electrons. The summed E-state index contributed by atoms with van der Waals surface area (Å²) < 4.78 is 1.01. The number of carboxylic acids is 1. The number of carbonyl (C=O) groups is 1. The minimum Gasteiger partial charge on any atom is -0.481 e. The minimum atomic E-state index is -0.692. The zero-order chi connectivity index (χ0) is 14.9. The Hall–Kier alpha value is -1.69. The van der Waals surface area contributed by atoms with Crippen LogP contribution >= 0.6 is 11.3 Å². The lowest BCUT2D eigenvalue weighted by Gasteiger charge is -2.33. The van der Waals surface area contributed by atoms with E-state index in [0.29, 0.717) is 6.54 Å². The van der Waals surface area contributed by atoms with E-state index in [4.69, 9.17) is 0 Å². The molecule has 0 atom stereocenters. The molecule has 1 saturated carbocycles. The van der Waals surface area contributed by atoms with Gasteiger partial charge in [-0.2, -0.15) is 0 Å². The molecular weight excluding hydrogens is 286 g/mol. The number of fused-ring (bicyclic) bond motifs is 1. The quantitative estimate of drug-likeness (QED) is 0.905. The third-order valence-corrected chi connectivity index (χ3v) is 5.48. The summed E-state index contributed by atoms with van der Waals surface area (Å²) in [5.74, 6) is 0.0617. The Balaban J connectivity index is 1.83. The van der Waals surface area contributed by atoms with Gasteiger partial charge in [0.15, 0.2) is 0 Å². The number of rotatable bonds is 4. The molecule has 21 heavy (non-hydrogen) atoms. The second kappa shape index (κ2) is 5.60. The second-order valence-electron chi connectivity index (χ2n) is 5.82. The first kappa shape index (κ1) is 14.3. The lowest BCUT2D eigenvalue weighted by Crippen LogP contribution is -2.39. The Labute approximate surface area is 127 Å². The van der Waals surface area contributed by atoms with Crippen LogP contribution in [0.15, 0.2) is 11.7 Å². The van der Waals surface area contributed by atoms with Crippen LogP contribution in [0.1, 0.15) is 37.7 Å². The van der Waals surface area contributed by atoms with Crippen LogP contribution in [0.3, 0.4) is 0 Å². The van der Waals surface area contributed by atoms with Gasteiger partial charge < -0.3 is 10.4 Å². The summed E-state index contributed by atoms with van der Waals surface area (Å²) >= 11 is 1.60. The largest absolute Gasteiger partial charge is 0.481 e. The van der Waals surface area contributed by atoms with E-state index in [-0.39, 0.29) is 0 Å². The van der Waals surface area contributed by atoms with Crippen molar-refractivity contribution in [3.8, 4) is 0 Å². The Morgan fingerprint density at radius 2 is 2.14 bits per heavy atom. The van der Waals surface area contributed by atoms with Crippen LogP contribution in [0, 0.1) is 12.3 Å². The fraction of sp³-hybridized carbons (Fsp3) is 0.533. The van der Waals surface area contributed by atoms with Crippen LogP contribution in [-0.4, -0.2) is 27.6 Å². The summed E-state index contributed by atoms with van der Waals surface area (Å²) in [5, 5.41) is 14.9. The van der Waals surface area contributed by atoms with Gasteiger partial charge in [0.05, 0.1) is 15.6 Å². The summed E-state index contributed by atoms with van der Waals surface area (Å²) in [5.41, 5.74) is 1.43. The van der Waals surface area contributed by atoms with Gasteiger partial charge in [-0.05, 0) is 30.7 Å². The average molecular weight is 305 g/mol. The number of hydrogen-bond donors (Lipinski definition) is 2. The molecule has 2 heterocycles. The van der Waals surface area contributed by atoms with Crippen LogP contribution in [0.25, 0.3) is 10.2 Å². The molecular formula is C15H19N3O2S. The highest BCUT2D eigenvalue weighted by atomic mass is 32.1. The molecule has 0 saturated heterocycles. The van der Waals surface area contributed by atoms with Crippen molar-refractivity contribution >= 4 is 33.3 Å². The summed E-state index contributed by atoms with van der Waals surface area (Å²) in [6.45, 7) is 2.46. The summed E-state index contributed by atoms with van der Waals surface area (Å²) in [7, 11) is 0. The van der Waals surface area contributed by atoms with Crippen LogP contribution in [0.4, 0.5) is 5.82 Å². The van der Waals surface area contributed by atoms with Gasteiger partial charge in [0.1, 0.15) is 12.1 Å². The second-order valence-corrected chi connectivity index (χ2v) is 6.70. The normalized spacial score (nSPS) is 17.8. The Morgan fingerprint density at radius 3 is 2.86 bits per heavy atom. The van der Waals surface area contributed by atoms with Gasteiger partial charge >= 0.3 is 5.97 Å². The maximum atomic E-state index is 11.7. The molecule has 3 rings (SSSR count). The molecule has 0 aromatic carbocycles. The van der Waals surface area contributed by atoms with Crippen molar-refractivity contribution in [1.82, 2.24) is 9.97 Å². The third-order valence-electron chi connectivity index (χ3n) is 4.39. The van der Waals surface area contributed by atoms with Crippen LogP contribution in [0.2, 0.25) is 0 Å². The van der Waals surface area contributed by atoms with Gasteiger partial charge in [0, 0.05) is 6.54 Å². The van der Waals surface area contributed by atoms with Crippen LogP contribution in [-0.2, 0) is 4.79 Å². The van der Waals surface area contributed by atoms with E-state index in [1.165, 1.54) is 0 Å². The van der Waals surface area contributed by atoms with Crippen molar-refractivity contribution in [3.05, 3.63) is 17.3 Å². The molecule has 5 nitrogen and oxygen atoms in total. The fourth-order valence-corrected chi connectivity index (χ4v) is 4.01. The highest BCUT2D eigenvalue weighted by Gasteiger charge is 2.39. The zero-order valence-electron chi connectivity index (χ0n) is 12.1. The molecule has 6 heteroatoms. The SMILES string of the molecule is Cc1csc2c(NCC3(C(=O)O)CCCCC3)ncnc12. The average Bonchev–Trinajstić information content (AvgIpc) is 2.88. The van der Waals surface area contributed by atoms with Gasteiger partial charge in [-0.25, -0.2) is 9.97 Å². The van der Waals surface area contributed by atoms with Crippen molar-refractivity contribution in [1.29, 1.82) is 0 Å². The summed E-state index contributed by atoms with van der Waals surface area (Å²) in [6, 6.07) is 0. The molecule has 0 spiro atoms. The monoisotopic (exact) mass is 305 g/mol. The fourth-order valence-electron chi connectivity index (χ4n) is 3.04. The van der Waals surface area contributed by atoms with E-state index in [1.807, 2.05) is 6.92 Å². The maximum Gasteiger partial charge on any atom is 0.311 e. The number of aromatic nitrogens is 2. The van der Waals surface area contributed by atoms with Gasteiger partial charge in [-0.15, -0.1) is 11.3 Å². The molecule has 2 aromatic rings. The molecule has 112 valence electrons. The van der Waals surface area contributed by atoms with E-state index >= 15 is 0 Å². The van der Waals surface area contributed by atoms with Gasteiger partial charge in [-0.1, -0.05) is 19.3 Å². The molecule has 1 aliphatic carbocycles. The third kappa shape index (κ3) is 2.60. The van der Waals surface area contributed by atoms with Gasteiger partial charge in [0.2, 0.25) is 0 Å². The highest BCUT2D eigenvalue weighted by molar-refractivity contribution is 7.18. The molecule has 1 aliphatic rings. The first-order chi connectivity index (χ1) is 10.1. The Bertz CT molecular complexity index is 662. The van der Waals surface area contributed by atoms with E-state index in [0.717, 1.165) is 53.7 Å². The van der Waals surface area contributed by atoms with Crippen molar-refractivity contribution < 1.29 is 9.90 Å². The van der Waals surface area contributed by atoms with Crippen molar-refractivity contribution in [3.63, 3.8) is 0 Å². The first-order valence-electron chi connectivity index (χ1n) is 7.28. The number of aliphatic carboxylic acids is 1. The molecule has 0 bridgehead atoms. The number of hydrogen-bond acceptors (Lipinski definition) is 5. The molecule has 1 fully saturated rings. The van der Waals surface area contributed by atoms with Crippen molar-refractivity contribution in [2.75, 3.05) is 11.9 Å². The predicted molar refractivity (Wildman–Crippen MR) is 83.8 cm³/mol. The Kier molecular flexibility index (Phi) is 3.80. The zero-order valence-corrected chi connectivity index (χ0v) is 12.9. The van der Waals surface area contributed by atoms with Gasteiger partial charge in [-0.3, -0.25) is 4.79 Å². The predicted octanol–water partition coefficient (Wildman–Crippen LogP) is 3.45. The summed E-state index contributed by atoms with van der Waals surface area (Å²) in [4.78, 5) is 20.3. The molecule has 0 amide bonds. The van der Waals surface area contributed by atoms with E-state index in [9.17, 15) is 9.90 Å². The van der Waals surface area contributed by atoms with Gasteiger partial charge in [0.25, 0.3) is 0 Å². The highest BCUT2D eigenvalue weighted by Crippen LogP contribution is 2.37. The smallest absolute Gasteiger partial charge is 0.311 e. The minimum absolute atomic E-state index is 0.436. The topological polar surface area (TPSA) is 75.1 Å². The number of nitrogens with one attached hydrogen (secondary N) is 1. The first-order valence-corrected chi connectivity index (χ1v) is 8.16. The lowest BCUT2D eigenvalue weighted by molar-refractivity contribution is -0.150. The summed E-state index contributed by atoms with van der Waals surface area (Å²) in [6.07, 6.45) is 6.15. The lowest BCUT2D eigenvalue weighted by atomic mass is 9.74. The molecule has 2 N–H and O–H groups in total. The van der Waals surface area contributed by atoms with E-state index in [1.54, 1.807) is 17.7 Å². The van der Waals surface area contributed by atoms with Crippen molar-refractivity contribution in [2.24, 2.45) is 5.41 Å². The maximum absolute atomic E-state index is 11.7. The van der Waals surface area contributed by atoms with Crippen LogP contribution in [0.5, 0.6) is 0 Å². The number of thiophene rings is 1. The van der Waals surface area contributed by atoms with E-state index < -0.39 is 11.4 Å². The van der Waals surface area contributed by atoms with E-state index in [2.05, 4.69) is 20.7 Å². The number of carboxylic acid groups (broad SMARTS) is 1. The molecule has 2 aromatic heterocycles. The number of aryl methyl sites for hydroxylation is 1. The number of nitrogens with zero attached hydrogens (tertiary/aromatic N) is 2. The standard InChI is InChI=1S/C15H19N3O2S/c1-10-7-21-12-11(10)17-9-18-13(12)16-8-15(14(19)20)5-3-2-4-6-15/h7,9H,2-6,8H2,1H3,(H,19,20)(H,16,17,18).